The Morgan fingerprint density at radius 3 is 2.82 bits per heavy atom. The SMILES string of the molecule is Cc1cc(C)c2c(=N)n3ccccc3nc2c1. The first-order valence-electron chi connectivity index (χ1n) is 5.60. The number of aromatic nitrogens is 2. The molecule has 0 aliphatic heterocycles. The number of aryl methyl sites for hydroxylation is 2. The van der Waals surface area contributed by atoms with E-state index in [1.54, 1.807) is 0 Å². The summed E-state index contributed by atoms with van der Waals surface area (Å²) in [6.45, 7) is 4.09. The summed E-state index contributed by atoms with van der Waals surface area (Å²) in [6.07, 6.45) is 1.88. The van der Waals surface area contributed by atoms with E-state index in [1.807, 2.05) is 41.8 Å². The van der Waals surface area contributed by atoms with E-state index in [9.17, 15) is 0 Å². The first-order chi connectivity index (χ1) is 8.16. The molecule has 0 amide bonds. The summed E-state index contributed by atoms with van der Waals surface area (Å²) >= 11 is 0. The molecule has 0 fully saturated rings. The normalized spacial score (nSPS) is 11.2. The van der Waals surface area contributed by atoms with Gasteiger partial charge in [-0.25, -0.2) is 4.98 Å². The highest BCUT2D eigenvalue weighted by atomic mass is 15.0. The van der Waals surface area contributed by atoms with Crippen molar-refractivity contribution in [3.05, 3.63) is 53.1 Å². The van der Waals surface area contributed by atoms with Gasteiger partial charge in [-0.1, -0.05) is 12.1 Å². The zero-order chi connectivity index (χ0) is 12.0. The Balaban J connectivity index is 2.64. The van der Waals surface area contributed by atoms with E-state index in [0.29, 0.717) is 5.49 Å². The van der Waals surface area contributed by atoms with Crippen molar-refractivity contribution in [1.29, 1.82) is 5.41 Å². The summed E-state index contributed by atoms with van der Waals surface area (Å²) in [5.41, 5.74) is 4.51. The van der Waals surface area contributed by atoms with Crippen molar-refractivity contribution >= 4 is 16.6 Å². The Kier molecular flexibility index (Phi) is 2.01. The largest absolute Gasteiger partial charge is 0.286 e. The van der Waals surface area contributed by atoms with Crippen molar-refractivity contribution in [3.8, 4) is 0 Å². The van der Waals surface area contributed by atoms with E-state index in [0.717, 1.165) is 22.1 Å². The maximum absolute atomic E-state index is 8.27. The van der Waals surface area contributed by atoms with Crippen molar-refractivity contribution in [2.75, 3.05) is 0 Å². The molecule has 3 rings (SSSR count). The first-order valence-corrected chi connectivity index (χ1v) is 5.60. The molecule has 3 aromatic rings. The third kappa shape index (κ3) is 1.43. The number of hydrogen-bond acceptors (Lipinski definition) is 2. The maximum Gasteiger partial charge on any atom is 0.140 e. The molecule has 0 unspecified atom stereocenters. The van der Waals surface area contributed by atoms with Crippen LogP contribution in [0.15, 0.2) is 36.5 Å². The van der Waals surface area contributed by atoms with Crippen LogP contribution in [0.4, 0.5) is 0 Å². The molecule has 0 bridgehead atoms. The van der Waals surface area contributed by atoms with Gasteiger partial charge < -0.3 is 0 Å². The molecular formula is C14H13N3. The second kappa shape index (κ2) is 3.42. The molecule has 17 heavy (non-hydrogen) atoms. The van der Waals surface area contributed by atoms with Gasteiger partial charge in [0.1, 0.15) is 11.1 Å². The van der Waals surface area contributed by atoms with Crippen LogP contribution < -0.4 is 5.49 Å². The van der Waals surface area contributed by atoms with E-state index in [4.69, 9.17) is 5.41 Å². The maximum atomic E-state index is 8.27. The van der Waals surface area contributed by atoms with E-state index in [2.05, 4.69) is 18.0 Å². The summed E-state index contributed by atoms with van der Waals surface area (Å²) in [5.74, 6) is 0. The quantitative estimate of drug-likeness (QED) is 0.585. The summed E-state index contributed by atoms with van der Waals surface area (Å²) in [7, 11) is 0. The van der Waals surface area contributed by atoms with Crippen molar-refractivity contribution in [1.82, 2.24) is 9.38 Å². The molecule has 0 spiro atoms. The Bertz CT molecular complexity index is 784. The molecular weight excluding hydrogens is 210 g/mol. The zero-order valence-electron chi connectivity index (χ0n) is 9.86. The average molecular weight is 223 g/mol. The van der Waals surface area contributed by atoms with Crippen LogP contribution in [0.3, 0.4) is 0 Å². The van der Waals surface area contributed by atoms with Crippen LogP contribution >= 0.6 is 0 Å². The lowest BCUT2D eigenvalue weighted by atomic mass is 10.1. The van der Waals surface area contributed by atoms with Gasteiger partial charge in [0.15, 0.2) is 0 Å². The topological polar surface area (TPSA) is 41.2 Å². The molecule has 0 aliphatic rings. The van der Waals surface area contributed by atoms with Gasteiger partial charge in [-0.2, -0.15) is 0 Å². The number of nitrogens with one attached hydrogen (secondary N) is 1. The van der Waals surface area contributed by atoms with Crippen molar-refractivity contribution in [2.45, 2.75) is 13.8 Å². The second-order valence-corrected chi connectivity index (χ2v) is 4.37. The van der Waals surface area contributed by atoms with Crippen molar-refractivity contribution < 1.29 is 0 Å². The Morgan fingerprint density at radius 2 is 2.00 bits per heavy atom. The third-order valence-electron chi connectivity index (χ3n) is 3.01. The lowest BCUT2D eigenvalue weighted by Crippen LogP contribution is -2.16. The van der Waals surface area contributed by atoms with Crippen LogP contribution in [-0.4, -0.2) is 9.38 Å². The number of nitrogens with zero attached hydrogens (tertiary/aromatic N) is 2. The molecule has 84 valence electrons. The molecule has 0 saturated carbocycles. The van der Waals surface area contributed by atoms with Gasteiger partial charge in [-0.3, -0.25) is 9.81 Å². The predicted molar refractivity (Wildman–Crippen MR) is 68.0 cm³/mol. The Labute approximate surface area is 98.9 Å². The van der Waals surface area contributed by atoms with Crippen LogP contribution in [0.5, 0.6) is 0 Å². The summed E-state index contributed by atoms with van der Waals surface area (Å²) in [5, 5.41) is 9.20. The van der Waals surface area contributed by atoms with Crippen LogP contribution in [-0.2, 0) is 0 Å². The molecule has 0 saturated heterocycles. The van der Waals surface area contributed by atoms with Gasteiger partial charge >= 0.3 is 0 Å². The molecule has 3 heteroatoms. The van der Waals surface area contributed by atoms with E-state index < -0.39 is 0 Å². The molecule has 0 radical (unpaired) electrons. The fraction of sp³-hybridized carbons (Fsp3) is 0.143. The highest BCUT2D eigenvalue weighted by Gasteiger charge is 2.05. The van der Waals surface area contributed by atoms with Crippen LogP contribution in [0, 0.1) is 19.3 Å². The minimum Gasteiger partial charge on any atom is -0.286 e. The van der Waals surface area contributed by atoms with Gasteiger partial charge in [0.25, 0.3) is 0 Å². The summed E-state index contributed by atoms with van der Waals surface area (Å²) in [4.78, 5) is 4.60. The lowest BCUT2D eigenvalue weighted by Gasteiger charge is -2.07. The minimum atomic E-state index is 0.503. The van der Waals surface area contributed by atoms with Gasteiger partial charge in [-0.05, 0) is 43.2 Å². The number of pyridine rings is 1. The average Bonchev–Trinajstić information content (AvgIpc) is 2.28. The molecule has 2 heterocycles. The monoisotopic (exact) mass is 223 g/mol. The minimum absolute atomic E-state index is 0.503. The second-order valence-electron chi connectivity index (χ2n) is 4.37. The fourth-order valence-electron chi connectivity index (χ4n) is 2.30. The van der Waals surface area contributed by atoms with Gasteiger partial charge in [0, 0.05) is 11.6 Å². The highest BCUT2D eigenvalue weighted by molar-refractivity contribution is 5.83. The van der Waals surface area contributed by atoms with Crippen LogP contribution in [0.1, 0.15) is 11.1 Å². The highest BCUT2D eigenvalue weighted by Crippen LogP contribution is 2.16. The van der Waals surface area contributed by atoms with E-state index >= 15 is 0 Å². The molecule has 1 N–H and O–H groups in total. The van der Waals surface area contributed by atoms with Crippen LogP contribution in [0.2, 0.25) is 0 Å². The molecule has 1 aromatic carbocycles. The smallest absolute Gasteiger partial charge is 0.140 e. The third-order valence-corrected chi connectivity index (χ3v) is 3.01. The summed E-state index contributed by atoms with van der Waals surface area (Å²) < 4.78 is 1.81. The molecule has 0 atom stereocenters. The Hall–Kier alpha value is -2.16. The number of fused-ring (bicyclic) bond motifs is 2. The lowest BCUT2D eigenvalue weighted by molar-refractivity contribution is 0.999. The number of rotatable bonds is 0. The summed E-state index contributed by atoms with van der Waals surface area (Å²) in [6, 6.07) is 9.91. The van der Waals surface area contributed by atoms with Crippen molar-refractivity contribution in [2.24, 2.45) is 0 Å². The van der Waals surface area contributed by atoms with Crippen molar-refractivity contribution in [3.63, 3.8) is 0 Å². The molecule has 3 nitrogen and oxygen atoms in total. The standard InChI is InChI=1S/C14H13N3/c1-9-7-10(2)13-11(8-9)16-12-5-3-4-6-17(12)14(13)15/h3-8,15H,1-2H3. The van der Waals surface area contributed by atoms with Crippen LogP contribution in [0.25, 0.3) is 16.6 Å². The number of benzene rings is 1. The fourth-order valence-corrected chi connectivity index (χ4v) is 2.30. The zero-order valence-corrected chi connectivity index (χ0v) is 9.86. The van der Waals surface area contributed by atoms with Gasteiger partial charge in [0.2, 0.25) is 0 Å². The van der Waals surface area contributed by atoms with E-state index in [-0.39, 0.29) is 0 Å². The first kappa shape index (κ1) is 10.0. The number of hydrogen-bond donors (Lipinski definition) is 1. The van der Waals surface area contributed by atoms with Gasteiger partial charge in [0.05, 0.1) is 5.52 Å². The molecule has 2 aromatic heterocycles. The molecule has 0 aliphatic carbocycles. The van der Waals surface area contributed by atoms with Gasteiger partial charge in [-0.15, -0.1) is 0 Å². The Morgan fingerprint density at radius 1 is 1.18 bits per heavy atom. The van der Waals surface area contributed by atoms with E-state index in [1.165, 1.54) is 5.56 Å². The predicted octanol–water partition coefficient (Wildman–Crippen LogP) is 2.58.